The van der Waals surface area contributed by atoms with Crippen LogP contribution in [0.3, 0.4) is 0 Å². The zero-order valence-corrected chi connectivity index (χ0v) is 17.0. The Bertz CT molecular complexity index is 986. The minimum atomic E-state index is -3.49. The number of nitrogens with zero attached hydrogens (tertiary/aromatic N) is 1. The predicted molar refractivity (Wildman–Crippen MR) is 113 cm³/mol. The molecule has 2 bridgehead atoms. The van der Waals surface area contributed by atoms with Gasteiger partial charge < -0.3 is 10.6 Å². The predicted octanol–water partition coefficient (Wildman–Crippen LogP) is 3.72. The molecular weight excluding hydrogens is 386 g/mol. The Morgan fingerprint density at radius 3 is 2.52 bits per heavy atom. The molecule has 2 amide bonds. The van der Waals surface area contributed by atoms with Gasteiger partial charge in [-0.15, -0.1) is 5.73 Å². The Morgan fingerprint density at radius 1 is 1.07 bits per heavy atom. The second-order valence-electron chi connectivity index (χ2n) is 7.58. The summed E-state index contributed by atoms with van der Waals surface area (Å²) in [7, 11) is -3.49. The highest BCUT2D eigenvalue weighted by atomic mass is 32.2. The molecule has 6 nitrogen and oxygen atoms in total. The standard InChI is InChI=1S/C22H25N3O3S/c26-22(23-16-17-6-3-1-2-4-7-17)24-18-10-14-21(15-11-18)29(27,28)25-19-8-5-9-20(25)13-12-19/h1,3-4,6-7,10-11,14-15,19-20H,5,8-9,12-13,16H2,(H2,23,24,26). The molecule has 2 unspecified atom stereocenters. The Kier molecular flexibility index (Phi) is 5.72. The fourth-order valence-electron chi connectivity index (χ4n) is 4.26. The minimum Gasteiger partial charge on any atom is -0.334 e. The molecule has 152 valence electrons. The lowest BCUT2D eigenvalue weighted by atomic mass is 10.1. The van der Waals surface area contributed by atoms with Gasteiger partial charge in [-0.05, 0) is 73.7 Å². The number of hydrogen-bond donors (Lipinski definition) is 2. The Hall–Kier alpha value is -2.60. The number of amides is 2. The van der Waals surface area contributed by atoms with Crippen molar-refractivity contribution in [2.45, 2.75) is 49.1 Å². The first-order valence-electron chi connectivity index (χ1n) is 10.0. The molecule has 2 atom stereocenters. The van der Waals surface area contributed by atoms with E-state index in [2.05, 4.69) is 16.4 Å². The van der Waals surface area contributed by atoms with Crippen LogP contribution in [0.5, 0.6) is 0 Å². The molecule has 2 N–H and O–H groups in total. The van der Waals surface area contributed by atoms with Crippen LogP contribution in [0.15, 0.2) is 70.8 Å². The average molecular weight is 412 g/mol. The van der Waals surface area contributed by atoms with Crippen LogP contribution in [0.1, 0.15) is 32.1 Å². The van der Waals surface area contributed by atoms with Crippen molar-refractivity contribution in [3.63, 3.8) is 0 Å². The van der Waals surface area contributed by atoms with Gasteiger partial charge in [-0.1, -0.05) is 18.6 Å². The van der Waals surface area contributed by atoms with Gasteiger partial charge in [0.2, 0.25) is 10.0 Å². The first-order valence-corrected chi connectivity index (χ1v) is 11.4. The van der Waals surface area contributed by atoms with Gasteiger partial charge in [-0.2, -0.15) is 4.31 Å². The molecule has 3 aliphatic rings. The van der Waals surface area contributed by atoms with E-state index in [0.717, 1.165) is 37.7 Å². The van der Waals surface area contributed by atoms with E-state index < -0.39 is 10.0 Å². The SMILES string of the molecule is O=C(NCC1=CC=C=CC=C1)Nc1ccc(S(=O)(=O)N2C3CCCC2CC3)cc1. The van der Waals surface area contributed by atoms with E-state index in [1.165, 1.54) is 0 Å². The van der Waals surface area contributed by atoms with Gasteiger partial charge in [-0.3, -0.25) is 0 Å². The Balaban J connectivity index is 1.37. The highest BCUT2D eigenvalue weighted by molar-refractivity contribution is 7.89. The molecule has 29 heavy (non-hydrogen) atoms. The average Bonchev–Trinajstić information content (AvgIpc) is 2.90. The zero-order chi connectivity index (χ0) is 20.3. The van der Waals surface area contributed by atoms with Crippen LogP contribution in [-0.4, -0.2) is 37.4 Å². The summed E-state index contributed by atoms with van der Waals surface area (Å²) in [4.78, 5) is 12.4. The Morgan fingerprint density at radius 2 is 1.79 bits per heavy atom. The van der Waals surface area contributed by atoms with Crippen molar-refractivity contribution in [1.29, 1.82) is 0 Å². The summed E-state index contributed by atoms with van der Waals surface area (Å²) in [5.41, 5.74) is 4.47. The van der Waals surface area contributed by atoms with Gasteiger partial charge in [-0.25, -0.2) is 13.2 Å². The van der Waals surface area contributed by atoms with Crippen LogP contribution in [0.25, 0.3) is 0 Å². The second-order valence-corrected chi connectivity index (χ2v) is 9.43. The zero-order valence-electron chi connectivity index (χ0n) is 16.2. The van der Waals surface area contributed by atoms with Crippen molar-refractivity contribution >= 4 is 21.7 Å². The molecule has 4 rings (SSSR count). The fourth-order valence-corrected chi connectivity index (χ4v) is 6.19. The van der Waals surface area contributed by atoms with Crippen LogP contribution >= 0.6 is 0 Å². The van der Waals surface area contributed by atoms with Crippen molar-refractivity contribution < 1.29 is 13.2 Å². The third kappa shape index (κ3) is 4.37. The summed E-state index contributed by atoms with van der Waals surface area (Å²) < 4.78 is 27.9. The molecular formula is C22H25N3O3S. The quantitative estimate of drug-likeness (QED) is 0.725. The van der Waals surface area contributed by atoms with Gasteiger partial charge in [0.05, 0.1) is 4.90 Å². The molecule has 2 fully saturated rings. The van der Waals surface area contributed by atoms with Crippen LogP contribution < -0.4 is 10.6 Å². The first kappa shape index (κ1) is 19.7. The number of allylic oxidation sites excluding steroid dienone is 3. The minimum absolute atomic E-state index is 0.139. The second kappa shape index (κ2) is 8.41. The summed E-state index contributed by atoms with van der Waals surface area (Å²) in [6.45, 7) is 0.387. The summed E-state index contributed by atoms with van der Waals surface area (Å²) in [6.07, 6.45) is 14.2. The number of urea groups is 1. The number of sulfonamides is 1. The number of anilines is 1. The maximum atomic E-state index is 13.1. The number of hydrogen-bond acceptors (Lipinski definition) is 3. The number of carbonyl (C=O) groups excluding carboxylic acids is 1. The molecule has 1 aromatic carbocycles. The number of benzene rings is 1. The van der Waals surface area contributed by atoms with E-state index in [4.69, 9.17) is 0 Å². The lowest BCUT2D eigenvalue weighted by Crippen LogP contribution is -2.43. The third-order valence-electron chi connectivity index (χ3n) is 5.66. The molecule has 0 radical (unpaired) electrons. The van der Waals surface area contributed by atoms with Gasteiger partial charge >= 0.3 is 6.03 Å². The number of fused-ring (bicyclic) bond motifs is 2. The lowest BCUT2D eigenvalue weighted by Gasteiger charge is -2.33. The van der Waals surface area contributed by atoms with Gasteiger partial charge in [0.1, 0.15) is 0 Å². The number of carbonyl (C=O) groups is 1. The summed E-state index contributed by atoms with van der Waals surface area (Å²) in [5, 5.41) is 5.53. The van der Waals surface area contributed by atoms with Crippen molar-refractivity contribution in [2.75, 3.05) is 11.9 Å². The van der Waals surface area contributed by atoms with Crippen molar-refractivity contribution in [1.82, 2.24) is 9.62 Å². The molecule has 7 heteroatoms. The van der Waals surface area contributed by atoms with Gasteiger partial charge in [0, 0.05) is 24.3 Å². The molecule has 1 aromatic rings. The summed E-state index contributed by atoms with van der Waals surface area (Å²) in [5.74, 6) is 0. The van der Waals surface area contributed by atoms with E-state index in [1.54, 1.807) is 40.7 Å². The van der Waals surface area contributed by atoms with E-state index in [0.29, 0.717) is 12.2 Å². The fraction of sp³-hybridized carbons (Fsp3) is 0.364. The van der Waals surface area contributed by atoms with E-state index in [-0.39, 0.29) is 23.0 Å². The highest BCUT2D eigenvalue weighted by Crippen LogP contribution is 2.39. The molecule has 2 aliphatic heterocycles. The third-order valence-corrected chi connectivity index (χ3v) is 7.68. The van der Waals surface area contributed by atoms with Gasteiger partial charge in [0.15, 0.2) is 0 Å². The van der Waals surface area contributed by atoms with Crippen molar-refractivity contribution in [3.8, 4) is 0 Å². The van der Waals surface area contributed by atoms with E-state index in [1.807, 2.05) is 18.2 Å². The maximum Gasteiger partial charge on any atom is 0.319 e. The maximum absolute atomic E-state index is 13.1. The number of piperidine rings is 1. The molecule has 0 spiro atoms. The first-order chi connectivity index (χ1) is 14.0. The molecule has 2 heterocycles. The molecule has 2 saturated heterocycles. The number of nitrogens with one attached hydrogen (secondary N) is 2. The van der Waals surface area contributed by atoms with Crippen molar-refractivity contribution in [3.05, 3.63) is 65.9 Å². The smallest absolute Gasteiger partial charge is 0.319 e. The molecule has 0 saturated carbocycles. The van der Waals surface area contributed by atoms with Crippen molar-refractivity contribution in [2.24, 2.45) is 0 Å². The topological polar surface area (TPSA) is 78.5 Å². The van der Waals surface area contributed by atoms with Crippen LogP contribution in [0, 0.1) is 0 Å². The summed E-state index contributed by atoms with van der Waals surface area (Å²) in [6, 6.07) is 6.36. The highest BCUT2D eigenvalue weighted by Gasteiger charge is 2.44. The van der Waals surface area contributed by atoms with E-state index >= 15 is 0 Å². The normalized spacial score (nSPS) is 23.5. The van der Waals surface area contributed by atoms with E-state index in [9.17, 15) is 13.2 Å². The summed E-state index contributed by atoms with van der Waals surface area (Å²) >= 11 is 0. The van der Waals surface area contributed by atoms with Gasteiger partial charge in [0.25, 0.3) is 0 Å². The van der Waals surface area contributed by atoms with Crippen LogP contribution in [0.2, 0.25) is 0 Å². The van der Waals surface area contributed by atoms with Crippen LogP contribution in [-0.2, 0) is 10.0 Å². The molecule has 1 aliphatic carbocycles. The largest absolute Gasteiger partial charge is 0.334 e. The monoisotopic (exact) mass is 411 g/mol. The van der Waals surface area contributed by atoms with Crippen LogP contribution in [0.4, 0.5) is 10.5 Å². The number of rotatable bonds is 5. The molecule has 0 aromatic heterocycles. The Labute approximate surface area is 171 Å². The lowest BCUT2D eigenvalue weighted by molar-refractivity contribution is 0.248.